The third kappa shape index (κ3) is 1.36. The fraction of sp³-hybridized carbons (Fsp3) is 0.154. The van der Waals surface area contributed by atoms with Crippen molar-refractivity contribution in [3.05, 3.63) is 35.5 Å². The lowest BCUT2D eigenvalue weighted by Gasteiger charge is -2.11. The van der Waals surface area contributed by atoms with Gasteiger partial charge in [0.15, 0.2) is 0 Å². The molecule has 5 heteroatoms. The Bertz CT molecular complexity index is 726. The summed E-state index contributed by atoms with van der Waals surface area (Å²) in [7, 11) is 0. The summed E-state index contributed by atoms with van der Waals surface area (Å²) in [5, 5.41) is 8.43. The fourth-order valence-electron chi connectivity index (χ4n) is 2.72. The summed E-state index contributed by atoms with van der Waals surface area (Å²) in [4.78, 5) is 3.46. The zero-order chi connectivity index (χ0) is 11.4. The summed E-state index contributed by atoms with van der Waals surface area (Å²) in [5.41, 5.74) is 12.8. The summed E-state index contributed by atoms with van der Waals surface area (Å²) in [6, 6.07) is 6.02. The maximum absolute atomic E-state index is 5.86. The first-order chi connectivity index (χ1) is 8.33. The Morgan fingerprint density at radius 2 is 2.06 bits per heavy atom. The van der Waals surface area contributed by atoms with E-state index in [0.29, 0.717) is 0 Å². The van der Waals surface area contributed by atoms with Gasteiger partial charge >= 0.3 is 0 Å². The number of H-pyrrole nitrogens is 2. The average molecular weight is 261 g/mol. The Morgan fingerprint density at radius 3 is 2.94 bits per heavy atom. The van der Waals surface area contributed by atoms with Crippen molar-refractivity contribution in [3.8, 4) is 11.4 Å². The molecule has 4 nitrogen and oxygen atoms in total. The van der Waals surface area contributed by atoms with Gasteiger partial charge < -0.3 is 10.7 Å². The Morgan fingerprint density at radius 1 is 1.17 bits per heavy atom. The molecule has 92 valence electrons. The largest absolute Gasteiger partial charge is 0.399 e. The number of nitrogen functional groups attached to an aromatic ring is 1. The smallest absolute Gasteiger partial charge is 0.0847 e. The molecule has 0 radical (unpaired) electrons. The molecule has 0 amide bonds. The number of fused-ring (bicyclic) bond motifs is 5. The van der Waals surface area contributed by atoms with Gasteiger partial charge in [-0.3, -0.25) is 5.10 Å². The second-order valence-electron chi connectivity index (χ2n) is 4.55. The van der Waals surface area contributed by atoms with Crippen LogP contribution in [0.5, 0.6) is 0 Å². The predicted octanol–water partition coefficient (Wildman–Crippen LogP) is 2.66. The zero-order valence-corrected chi connectivity index (χ0v) is 10.5. The Labute approximate surface area is 110 Å². The van der Waals surface area contributed by atoms with Crippen LogP contribution in [0.1, 0.15) is 11.1 Å². The second-order valence-corrected chi connectivity index (χ2v) is 4.55. The van der Waals surface area contributed by atoms with Crippen LogP contribution in [-0.4, -0.2) is 15.2 Å². The van der Waals surface area contributed by atoms with E-state index in [4.69, 9.17) is 5.73 Å². The van der Waals surface area contributed by atoms with E-state index in [9.17, 15) is 0 Å². The van der Waals surface area contributed by atoms with E-state index in [-0.39, 0.29) is 12.4 Å². The number of benzene rings is 1. The number of aromatic nitrogens is 3. The lowest BCUT2D eigenvalue weighted by atomic mass is 9.94. The van der Waals surface area contributed by atoms with E-state index in [1.165, 1.54) is 22.2 Å². The SMILES string of the molecule is Cl.Nc1ccc2[nH]c3c(c2c1)CCc1cn[nH]c1-3. The van der Waals surface area contributed by atoms with Crippen molar-refractivity contribution in [1.29, 1.82) is 0 Å². The molecule has 1 aliphatic carbocycles. The zero-order valence-electron chi connectivity index (χ0n) is 9.66. The highest BCUT2D eigenvalue weighted by atomic mass is 35.5. The predicted molar refractivity (Wildman–Crippen MR) is 74.9 cm³/mol. The highest BCUT2D eigenvalue weighted by Gasteiger charge is 2.21. The van der Waals surface area contributed by atoms with E-state index in [2.05, 4.69) is 15.2 Å². The van der Waals surface area contributed by atoms with Crippen LogP contribution < -0.4 is 5.73 Å². The molecule has 0 saturated carbocycles. The van der Waals surface area contributed by atoms with Gasteiger partial charge in [0.25, 0.3) is 0 Å². The molecule has 0 saturated heterocycles. The number of aromatic amines is 2. The molecule has 0 bridgehead atoms. The number of nitrogens with zero attached hydrogens (tertiary/aromatic N) is 1. The van der Waals surface area contributed by atoms with Gasteiger partial charge in [0.05, 0.1) is 17.6 Å². The summed E-state index contributed by atoms with van der Waals surface area (Å²) in [6.45, 7) is 0. The first-order valence-electron chi connectivity index (χ1n) is 5.75. The molecule has 4 N–H and O–H groups in total. The van der Waals surface area contributed by atoms with Crippen LogP contribution in [0.15, 0.2) is 24.4 Å². The number of rotatable bonds is 0. The van der Waals surface area contributed by atoms with Gasteiger partial charge in [-0.1, -0.05) is 0 Å². The van der Waals surface area contributed by atoms with E-state index >= 15 is 0 Å². The highest BCUT2D eigenvalue weighted by Crippen LogP contribution is 2.36. The molecule has 18 heavy (non-hydrogen) atoms. The Balaban J connectivity index is 0.000001000. The lowest BCUT2D eigenvalue weighted by Crippen LogP contribution is -2.00. The van der Waals surface area contributed by atoms with Gasteiger partial charge in [0, 0.05) is 16.6 Å². The van der Waals surface area contributed by atoms with Crippen LogP contribution in [-0.2, 0) is 12.8 Å². The van der Waals surface area contributed by atoms with Gasteiger partial charge in [0.1, 0.15) is 0 Å². The molecule has 2 aromatic heterocycles. The molecule has 0 atom stereocenters. The van der Waals surface area contributed by atoms with E-state index < -0.39 is 0 Å². The summed E-state index contributed by atoms with van der Waals surface area (Å²) in [5.74, 6) is 0. The van der Waals surface area contributed by atoms with Crippen LogP contribution in [0.2, 0.25) is 0 Å². The minimum Gasteiger partial charge on any atom is -0.399 e. The molecule has 1 aliphatic rings. The van der Waals surface area contributed by atoms with E-state index in [1.807, 2.05) is 24.4 Å². The number of halogens is 1. The van der Waals surface area contributed by atoms with E-state index in [1.54, 1.807) is 0 Å². The number of hydrogen-bond acceptors (Lipinski definition) is 2. The highest BCUT2D eigenvalue weighted by molar-refractivity contribution is 5.93. The van der Waals surface area contributed by atoms with Crippen molar-refractivity contribution < 1.29 is 0 Å². The molecule has 2 heterocycles. The molecule has 0 spiro atoms. The molecule has 0 unspecified atom stereocenters. The first kappa shape index (κ1) is 11.2. The third-order valence-electron chi connectivity index (χ3n) is 3.54. The first-order valence-corrected chi connectivity index (χ1v) is 5.75. The third-order valence-corrected chi connectivity index (χ3v) is 3.54. The molecular weight excluding hydrogens is 248 g/mol. The fourth-order valence-corrected chi connectivity index (χ4v) is 2.72. The van der Waals surface area contributed by atoms with Gasteiger partial charge in [-0.15, -0.1) is 12.4 Å². The summed E-state index contributed by atoms with van der Waals surface area (Å²) < 4.78 is 0. The molecule has 0 fully saturated rings. The molecule has 4 rings (SSSR count). The van der Waals surface area contributed by atoms with Gasteiger partial charge in [0.2, 0.25) is 0 Å². The quantitative estimate of drug-likeness (QED) is 0.544. The number of hydrogen-bond donors (Lipinski definition) is 3. The number of anilines is 1. The van der Waals surface area contributed by atoms with Crippen molar-refractivity contribution >= 4 is 29.0 Å². The van der Waals surface area contributed by atoms with Crippen LogP contribution in [0.3, 0.4) is 0 Å². The molecular formula is C13H13ClN4. The number of aryl methyl sites for hydroxylation is 2. The minimum atomic E-state index is 0. The van der Waals surface area contributed by atoms with Gasteiger partial charge in [-0.05, 0) is 42.2 Å². The normalized spacial score (nSPS) is 12.9. The van der Waals surface area contributed by atoms with Crippen molar-refractivity contribution in [1.82, 2.24) is 15.2 Å². The maximum Gasteiger partial charge on any atom is 0.0847 e. The van der Waals surface area contributed by atoms with Crippen LogP contribution in [0.4, 0.5) is 5.69 Å². The minimum absolute atomic E-state index is 0. The van der Waals surface area contributed by atoms with Crippen LogP contribution in [0, 0.1) is 0 Å². The van der Waals surface area contributed by atoms with Crippen LogP contribution in [0.25, 0.3) is 22.3 Å². The standard InChI is InChI=1S/C13H12N4.ClH/c14-8-2-4-11-10(5-8)9-3-1-7-6-15-17-12(7)13(9)16-11;/h2,4-6,16H,1,3,14H2,(H,15,17);1H. The van der Waals surface area contributed by atoms with Crippen molar-refractivity contribution in [3.63, 3.8) is 0 Å². The monoisotopic (exact) mass is 260 g/mol. The van der Waals surface area contributed by atoms with E-state index in [0.717, 1.165) is 29.7 Å². The van der Waals surface area contributed by atoms with Crippen LogP contribution >= 0.6 is 12.4 Å². The number of nitrogens with one attached hydrogen (secondary N) is 2. The van der Waals surface area contributed by atoms with Crippen molar-refractivity contribution in [2.75, 3.05) is 5.73 Å². The van der Waals surface area contributed by atoms with Gasteiger partial charge in [-0.25, -0.2) is 0 Å². The Hall–Kier alpha value is -1.94. The summed E-state index contributed by atoms with van der Waals surface area (Å²) in [6.07, 6.45) is 4.00. The molecule has 0 aliphatic heterocycles. The second kappa shape index (κ2) is 3.78. The topological polar surface area (TPSA) is 70.5 Å². The van der Waals surface area contributed by atoms with Gasteiger partial charge in [-0.2, -0.15) is 5.10 Å². The van der Waals surface area contributed by atoms with Crippen molar-refractivity contribution in [2.24, 2.45) is 0 Å². The molecule has 3 aromatic rings. The molecule has 1 aromatic carbocycles. The Kier molecular flexibility index (Phi) is 2.35. The van der Waals surface area contributed by atoms with Crippen molar-refractivity contribution in [2.45, 2.75) is 12.8 Å². The average Bonchev–Trinajstić information content (AvgIpc) is 2.91. The number of nitrogens with two attached hydrogens (primary N) is 1. The summed E-state index contributed by atoms with van der Waals surface area (Å²) >= 11 is 0. The maximum atomic E-state index is 5.86. The lowest BCUT2D eigenvalue weighted by molar-refractivity contribution is 0.947.